The van der Waals surface area contributed by atoms with Gasteiger partial charge in [0.15, 0.2) is 0 Å². The molecule has 0 bridgehead atoms. The molecule has 0 heterocycles. The molecule has 1 amide bonds. The number of amides is 1. The largest absolute Gasteiger partial charge is 0.480 e. The third-order valence-corrected chi connectivity index (χ3v) is 3.48. The number of carbonyl (C=O) groups excluding carboxylic acids is 1. The molecule has 1 aliphatic carbocycles. The van der Waals surface area contributed by atoms with E-state index < -0.39 is 17.7 Å². The second kappa shape index (κ2) is 9.72. The summed E-state index contributed by atoms with van der Waals surface area (Å²) in [5.74, 6) is 0.361. The zero-order valence-corrected chi connectivity index (χ0v) is 14.3. The number of carboxylic acids is 1. The molecule has 2 N–H and O–H groups in total. The Balaban J connectivity index is 1.87. The van der Waals surface area contributed by atoms with Crippen LogP contribution in [0.15, 0.2) is 0 Å². The molecule has 2 atom stereocenters. The highest BCUT2D eigenvalue weighted by Gasteiger charge is 2.35. The standard InChI is InChI=1S/C16H29NO6/c1-16(2,3)23-15(20)17-6-9-21-7-4-12-10-13(12)5-8-22-11-14(18)19/h12-13H,4-11H2,1-3H3,(H,17,20)(H,18,19). The summed E-state index contributed by atoms with van der Waals surface area (Å²) in [6.07, 6.45) is 2.65. The molecule has 0 aromatic carbocycles. The fraction of sp³-hybridized carbons (Fsp3) is 0.875. The summed E-state index contributed by atoms with van der Waals surface area (Å²) in [7, 11) is 0. The molecule has 2 unspecified atom stereocenters. The van der Waals surface area contributed by atoms with Gasteiger partial charge in [0.2, 0.25) is 0 Å². The normalized spacial score (nSPS) is 20.1. The monoisotopic (exact) mass is 331 g/mol. The predicted octanol–water partition coefficient (Wildman–Crippen LogP) is 2.05. The number of alkyl carbamates (subject to hydrolysis) is 1. The van der Waals surface area contributed by atoms with E-state index in [1.165, 1.54) is 0 Å². The molecule has 0 spiro atoms. The topological polar surface area (TPSA) is 94.1 Å². The minimum atomic E-state index is -0.925. The molecule has 7 nitrogen and oxygen atoms in total. The molecule has 1 rings (SSSR count). The quantitative estimate of drug-likeness (QED) is 0.563. The number of ether oxygens (including phenoxy) is 3. The molecular weight excluding hydrogens is 302 g/mol. The van der Waals surface area contributed by atoms with Crippen LogP contribution in [-0.2, 0) is 19.0 Å². The highest BCUT2D eigenvalue weighted by molar-refractivity contribution is 5.68. The van der Waals surface area contributed by atoms with Crippen LogP contribution in [0.5, 0.6) is 0 Å². The lowest BCUT2D eigenvalue weighted by Crippen LogP contribution is -2.34. The third-order valence-electron chi connectivity index (χ3n) is 3.48. The van der Waals surface area contributed by atoms with E-state index in [4.69, 9.17) is 19.3 Å². The molecule has 7 heteroatoms. The number of aliphatic carboxylic acids is 1. The average Bonchev–Trinajstić information content (AvgIpc) is 3.15. The SMILES string of the molecule is CC(C)(C)OC(=O)NCCOCCC1CC1CCOCC(=O)O. The molecule has 0 aromatic heterocycles. The zero-order valence-electron chi connectivity index (χ0n) is 14.3. The maximum absolute atomic E-state index is 11.4. The lowest BCUT2D eigenvalue weighted by molar-refractivity contribution is -0.142. The first-order valence-electron chi connectivity index (χ1n) is 8.12. The van der Waals surface area contributed by atoms with Gasteiger partial charge < -0.3 is 24.6 Å². The summed E-state index contributed by atoms with van der Waals surface area (Å²) in [6.45, 7) is 7.34. The number of hydrogen-bond acceptors (Lipinski definition) is 5. The molecule has 0 radical (unpaired) electrons. The molecule has 23 heavy (non-hydrogen) atoms. The molecule has 0 saturated heterocycles. The van der Waals surface area contributed by atoms with Gasteiger partial charge in [0, 0.05) is 19.8 Å². The molecule has 0 aliphatic heterocycles. The van der Waals surface area contributed by atoms with Gasteiger partial charge in [0.1, 0.15) is 12.2 Å². The van der Waals surface area contributed by atoms with Gasteiger partial charge in [-0.3, -0.25) is 0 Å². The lowest BCUT2D eigenvalue weighted by atomic mass is 10.2. The van der Waals surface area contributed by atoms with E-state index >= 15 is 0 Å². The van der Waals surface area contributed by atoms with Crippen LogP contribution < -0.4 is 5.32 Å². The van der Waals surface area contributed by atoms with Crippen molar-refractivity contribution in [3.05, 3.63) is 0 Å². The molecule has 1 saturated carbocycles. The highest BCUT2D eigenvalue weighted by Crippen LogP contribution is 2.43. The van der Waals surface area contributed by atoms with Gasteiger partial charge in [-0.15, -0.1) is 0 Å². The van der Waals surface area contributed by atoms with Crippen LogP contribution in [0.1, 0.15) is 40.0 Å². The van der Waals surface area contributed by atoms with Crippen LogP contribution in [0.25, 0.3) is 0 Å². The molecular formula is C16H29NO6. The Bertz CT molecular complexity index is 379. The van der Waals surface area contributed by atoms with Gasteiger partial charge in [-0.05, 0) is 51.9 Å². The van der Waals surface area contributed by atoms with Crippen LogP contribution in [-0.4, -0.2) is 55.7 Å². The van der Waals surface area contributed by atoms with Crippen molar-refractivity contribution in [1.29, 1.82) is 0 Å². The van der Waals surface area contributed by atoms with Gasteiger partial charge in [0.05, 0.1) is 6.61 Å². The second-order valence-electron chi connectivity index (χ2n) is 6.82. The molecule has 134 valence electrons. The summed E-state index contributed by atoms with van der Waals surface area (Å²) in [6, 6.07) is 0. The average molecular weight is 331 g/mol. The molecule has 1 aliphatic rings. The van der Waals surface area contributed by atoms with E-state index in [2.05, 4.69) is 5.32 Å². The van der Waals surface area contributed by atoms with Crippen LogP contribution >= 0.6 is 0 Å². The summed E-state index contributed by atoms with van der Waals surface area (Å²) in [5.41, 5.74) is -0.486. The van der Waals surface area contributed by atoms with Gasteiger partial charge in [-0.2, -0.15) is 0 Å². The van der Waals surface area contributed by atoms with E-state index in [1.807, 2.05) is 20.8 Å². The van der Waals surface area contributed by atoms with Gasteiger partial charge in [-0.25, -0.2) is 9.59 Å². The van der Waals surface area contributed by atoms with E-state index in [-0.39, 0.29) is 6.61 Å². The Kier molecular flexibility index (Phi) is 8.33. The van der Waals surface area contributed by atoms with E-state index in [1.54, 1.807) is 0 Å². The van der Waals surface area contributed by atoms with Crippen molar-refractivity contribution >= 4 is 12.1 Å². The number of carboxylic acid groups (broad SMARTS) is 1. The van der Waals surface area contributed by atoms with Crippen LogP contribution in [0, 0.1) is 11.8 Å². The van der Waals surface area contributed by atoms with Crippen LogP contribution in [0.2, 0.25) is 0 Å². The third kappa shape index (κ3) is 10.9. The Hall–Kier alpha value is -1.34. The van der Waals surface area contributed by atoms with Crippen molar-refractivity contribution in [2.24, 2.45) is 11.8 Å². The Morgan fingerprint density at radius 1 is 1.09 bits per heavy atom. The van der Waals surface area contributed by atoms with Crippen molar-refractivity contribution in [3.8, 4) is 0 Å². The second-order valence-corrected chi connectivity index (χ2v) is 6.82. The Morgan fingerprint density at radius 3 is 2.26 bits per heavy atom. The Morgan fingerprint density at radius 2 is 1.70 bits per heavy atom. The fourth-order valence-electron chi connectivity index (χ4n) is 2.29. The lowest BCUT2D eigenvalue weighted by Gasteiger charge is -2.19. The van der Waals surface area contributed by atoms with E-state index in [9.17, 15) is 9.59 Å². The number of carbonyl (C=O) groups is 2. The van der Waals surface area contributed by atoms with Crippen molar-refractivity contribution in [2.75, 3.05) is 33.0 Å². The minimum Gasteiger partial charge on any atom is -0.480 e. The summed E-state index contributed by atoms with van der Waals surface area (Å²) in [4.78, 5) is 21.7. The smallest absolute Gasteiger partial charge is 0.407 e. The van der Waals surface area contributed by atoms with Crippen molar-refractivity contribution in [1.82, 2.24) is 5.32 Å². The van der Waals surface area contributed by atoms with Crippen molar-refractivity contribution < 1.29 is 28.9 Å². The first kappa shape index (κ1) is 19.7. The maximum atomic E-state index is 11.4. The molecule has 1 fully saturated rings. The fourth-order valence-corrected chi connectivity index (χ4v) is 2.29. The van der Waals surface area contributed by atoms with Gasteiger partial charge in [0.25, 0.3) is 0 Å². The molecule has 0 aromatic rings. The van der Waals surface area contributed by atoms with Crippen LogP contribution in [0.3, 0.4) is 0 Å². The van der Waals surface area contributed by atoms with Crippen molar-refractivity contribution in [2.45, 2.75) is 45.6 Å². The van der Waals surface area contributed by atoms with Gasteiger partial charge in [-0.1, -0.05) is 0 Å². The first-order chi connectivity index (χ1) is 10.8. The van der Waals surface area contributed by atoms with E-state index in [0.717, 1.165) is 19.3 Å². The summed E-state index contributed by atoms with van der Waals surface area (Å²) in [5, 5.41) is 11.1. The number of hydrogen-bond donors (Lipinski definition) is 2. The first-order valence-corrected chi connectivity index (χ1v) is 8.12. The van der Waals surface area contributed by atoms with Crippen LogP contribution in [0.4, 0.5) is 4.79 Å². The van der Waals surface area contributed by atoms with Gasteiger partial charge >= 0.3 is 12.1 Å². The highest BCUT2D eigenvalue weighted by atomic mass is 16.6. The minimum absolute atomic E-state index is 0.217. The predicted molar refractivity (Wildman–Crippen MR) is 84.3 cm³/mol. The maximum Gasteiger partial charge on any atom is 0.407 e. The number of rotatable bonds is 11. The zero-order chi connectivity index (χ0) is 17.3. The summed E-state index contributed by atoms with van der Waals surface area (Å²) >= 11 is 0. The Labute approximate surface area is 137 Å². The number of nitrogens with one attached hydrogen (secondary N) is 1. The summed E-state index contributed by atoms with van der Waals surface area (Å²) < 4.78 is 15.6. The van der Waals surface area contributed by atoms with Crippen molar-refractivity contribution in [3.63, 3.8) is 0 Å². The van der Waals surface area contributed by atoms with E-state index in [0.29, 0.717) is 38.2 Å².